The SMILES string of the molecule is CCC(=O)C(N)Cc1cc(F)ccc1OC. The molecule has 0 heterocycles. The summed E-state index contributed by atoms with van der Waals surface area (Å²) in [6.07, 6.45) is 0.687. The van der Waals surface area contributed by atoms with Gasteiger partial charge < -0.3 is 10.5 Å². The molecule has 1 aromatic rings. The molecule has 1 rings (SSSR count). The number of rotatable bonds is 5. The van der Waals surface area contributed by atoms with Crippen molar-refractivity contribution in [1.29, 1.82) is 0 Å². The third-order valence-corrected chi connectivity index (χ3v) is 2.44. The quantitative estimate of drug-likeness (QED) is 0.829. The zero-order chi connectivity index (χ0) is 12.1. The molecular weight excluding hydrogens is 209 g/mol. The largest absolute Gasteiger partial charge is 0.496 e. The molecular formula is C12H16FNO2. The summed E-state index contributed by atoms with van der Waals surface area (Å²) in [6, 6.07) is 3.60. The summed E-state index contributed by atoms with van der Waals surface area (Å²) in [5.41, 5.74) is 6.33. The van der Waals surface area contributed by atoms with Crippen LogP contribution in [0.4, 0.5) is 4.39 Å². The number of methoxy groups -OCH3 is 1. The zero-order valence-corrected chi connectivity index (χ0v) is 9.50. The Morgan fingerprint density at radius 1 is 1.56 bits per heavy atom. The molecule has 0 radical (unpaired) electrons. The second-order valence-corrected chi connectivity index (χ2v) is 3.59. The number of halogens is 1. The molecule has 0 fully saturated rings. The smallest absolute Gasteiger partial charge is 0.149 e. The summed E-state index contributed by atoms with van der Waals surface area (Å²) in [7, 11) is 1.50. The highest BCUT2D eigenvalue weighted by Crippen LogP contribution is 2.20. The van der Waals surface area contributed by atoms with Crippen molar-refractivity contribution in [3.63, 3.8) is 0 Å². The minimum Gasteiger partial charge on any atom is -0.496 e. The highest BCUT2D eigenvalue weighted by Gasteiger charge is 2.15. The number of Topliss-reactive ketones (excluding diaryl/α,β-unsaturated/α-hetero) is 1. The van der Waals surface area contributed by atoms with Crippen LogP contribution in [0.5, 0.6) is 5.75 Å². The molecule has 88 valence electrons. The summed E-state index contributed by atoms with van der Waals surface area (Å²) in [6.45, 7) is 1.75. The molecule has 0 aromatic heterocycles. The summed E-state index contributed by atoms with van der Waals surface area (Å²) in [5, 5.41) is 0. The van der Waals surface area contributed by atoms with E-state index in [9.17, 15) is 9.18 Å². The first-order valence-corrected chi connectivity index (χ1v) is 5.19. The Balaban J connectivity index is 2.86. The van der Waals surface area contributed by atoms with Crippen LogP contribution in [-0.2, 0) is 11.2 Å². The summed E-state index contributed by atoms with van der Waals surface area (Å²) in [4.78, 5) is 11.3. The Morgan fingerprint density at radius 2 is 2.25 bits per heavy atom. The maximum atomic E-state index is 13.0. The van der Waals surface area contributed by atoms with Crippen molar-refractivity contribution in [2.45, 2.75) is 25.8 Å². The number of benzene rings is 1. The van der Waals surface area contributed by atoms with E-state index in [0.29, 0.717) is 24.2 Å². The Morgan fingerprint density at radius 3 is 2.81 bits per heavy atom. The van der Waals surface area contributed by atoms with E-state index in [1.807, 2.05) is 0 Å². The average Bonchev–Trinajstić information content (AvgIpc) is 2.28. The van der Waals surface area contributed by atoms with Crippen molar-refractivity contribution in [2.24, 2.45) is 5.73 Å². The molecule has 1 unspecified atom stereocenters. The van der Waals surface area contributed by atoms with Gasteiger partial charge in [0.15, 0.2) is 0 Å². The molecule has 0 bridgehead atoms. The van der Waals surface area contributed by atoms with Crippen LogP contribution in [0, 0.1) is 5.82 Å². The first-order valence-electron chi connectivity index (χ1n) is 5.19. The fourth-order valence-electron chi connectivity index (χ4n) is 1.52. The minimum absolute atomic E-state index is 0.0358. The Bertz CT molecular complexity index is 379. The number of hydrogen-bond acceptors (Lipinski definition) is 3. The lowest BCUT2D eigenvalue weighted by Gasteiger charge is -2.12. The number of nitrogens with two attached hydrogens (primary N) is 1. The molecule has 1 atom stereocenters. The molecule has 0 aliphatic heterocycles. The van der Waals surface area contributed by atoms with Crippen molar-refractivity contribution in [3.05, 3.63) is 29.6 Å². The van der Waals surface area contributed by atoms with Gasteiger partial charge >= 0.3 is 0 Å². The number of ether oxygens (including phenoxy) is 1. The monoisotopic (exact) mass is 225 g/mol. The predicted octanol–water partition coefficient (Wildman–Crippen LogP) is 1.68. The minimum atomic E-state index is -0.597. The van der Waals surface area contributed by atoms with E-state index in [4.69, 9.17) is 10.5 Å². The number of hydrogen-bond donors (Lipinski definition) is 1. The van der Waals surface area contributed by atoms with Crippen LogP contribution in [0.2, 0.25) is 0 Å². The van der Waals surface area contributed by atoms with Crippen LogP contribution >= 0.6 is 0 Å². The third-order valence-electron chi connectivity index (χ3n) is 2.44. The van der Waals surface area contributed by atoms with Crippen molar-refractivity contribution < 1.29 is 13.9 Å². The fraction of sp³-hybridized carbons (Fsp3) is 0.417. The molecule has 0 saturated carbocycles. The van der Waals surface area contributed by atoms with E-state index >= 15 is 0 Å². The van der Waals surface area contributed by atoms with Crippen LogP contribution in [0.1, 0.15) is 18.9 Å². The molecule has 0 spiro atoms. The first kappa shape index (κ1) is 12.6. The van der Waals surface area contributed by atoms with Crippen LogP contribution in [0.15, 0.2) is 18.2 Å². The van der Waals surface area contributed by atoms with Crippen molar-refractivity contribution in [2.75, 3.05) is 7.11 Å². The average molecular weight is 225 g/mol. The second-order valence-electron chi connectivity index (χ2n) is 3.59. The lowest BCUT2D eigenvalue weighted by atomic mass is 10.0. The standard InChI is InChI=1S/C12H16FNO2/c1-3-11(15)10(14)7-8-6-9(13)4-5-12(8)16-2/h4-6,10H,3,7,14H2,1-2H3. The fourth-order valence-corrected chi connectivity index (χ4v) is 1.52. The molecule has 16 heavy (non-hydrogen) atoms. The predicted molar refractivity (Wildman–Crippen MR) is 59.9 cm³/mol. The van der Waals surface area contributed by atoms with Crippen molar-refractivity contribution in [3.8, 4) is 5.75 Å². The van der Waals surface area contributed by atoms with Gasteiger partial charge in [0.2, 0.25) is 0 Å². The van der Waals surface area contributed by atoms with Gasteiger partial charge in [0.1, 0.15) is 17.3 Å². The molecule has 1 aromatic carbocycles. The molecule has 0 aliphatic carbocycles. The number of carbonyl (C=O) groups is 1. The van der Waals surface area contributed by atoms with Gasteiger partial charge in [0.25, 0.3) is 0 Å². The number of carbonyl (C=O) groups excluding carboxylic acids is 1. The molecule has 2 N–H and O–H groups in total. The van der Waals surface area contributed by atoms with E-state index in [2.05, 4.69) is 0 Å². The van der Waals surface area contributed by atoms with Gasteiger partial charge in [0, 0.05) is 6.42 Å². The van der Waals surface area contributed by atoms with Gasteiger partial charge in [-0.25, -0.2) is 4.39 Å². The van der Waals surface area contributed by atoms with Gasteiger partial charge in [-0.1, -0.05) is 6.92 Å². The second kappa shape index (κ2) is 5.61. The van der Waals surface area contributed by atoms with Gasteiger partial charge in [-0.05, 0) is 30.2 Å². The van der Waals surface area contributed by atoms with E-state index < -0.39 is 6.04 Å². The van der Waals surface area contributed by atoms with Crippen LogP contribution in [-0.4, -0.2) is 18.9 Å². The topological polar surface area (TPSA) is 52.3 Å². The lowest BCUT2D eigenvalue weighted by Crippen LogP contribution is -2.32. The molecule has 0 saturated heterocycles. The molecule has 0 aliphatic rings. The van der Waals surface area contributed by atoms with Gasteiger partial charge in [0.05, 0.1) is 13.2 Å². The third kappa shape index (κ3) is 3.03. The maximum absolute atomic E-state index is 13.0. The molecule has 0 amide bonds. The highest BCUT2D eigenvalue weighted by atomic mass is 19.1. The van der Waals surface area contributed by atoms with E-state index in [1.54, 1.807) is 6.92 Å². The Hall–Kier alpha value is -1.42. The summed E-state index contributed by atoms with van der Waals surface area (Å²) < 4.78 is 18.1. The van der Waals surface area contributed by atoms with Gasteiger partial charge in [-0.3, -0.25) is 4.79 Å². The summed E-state index contributed by atoms with van der Waals surface area (Å²) in [5.74, 6) is 0.166. The molecule has 4 heteroatoms. The normalized spacial score (nSPS) is 12.2. The summed E-state index contributed by atoms with van der Waals surface area (Å²) >= 11 is 0. The van der Waals surface area contributed by atoms with E-state index in [-0.39, 0.29) is 11.6 Å². The molecule has 3 nitrogen and oxygen atoms in total. The highest BCUT2D eigenvalue weighted by molar-refractivity contribution is 5.83. The lowest BCUT2D eigenvalue weighted by molar-refractivity contribution is -0.119. The van der Waals surface area contributed by atoms with Crippen molar-refractivity contribution in [1.82, 2.24) is 0 Å². The van der Waals surface area contributed by atoms with Crippen LogP contribution < -0.4 is 10.5 Å². The van der Waals surface area contributed by atoms with Crippen LogP contribution in [0.3, 0.4) is 0 Å². The maximum Gasteiger partial charge on any atom is 0.149 e. The van der Waals surface area contributed by atoms with E-state index in [1.165, 1.54) is 25.3 Å². The number of ketones is 1. The van der Waals surface area contributed by atoms with Crippen molar-refractivity contribution >= 4 is 5.78 Å². The van der Waals surface area contributed by atoms with Crippen LogP contribution in [0.25, 0.3) is 0 Å². The van der Waals surface area contributed by atoms with Gasteiger partial charge in [-0.2, -0.15) is 0 Å². The van der Waals surface area contributed by atoms with Gasteiger partial charge in [-0.15, -0.1) is 0 Å². The first-order chi connectivity index (χ1) is 7.58. The van der Waals surface area contributed by atoms with E-state index in [0.717, 1.165) is 0 Å². The Kier molecular flexibility index (Phi) is 4.43. The zero-order valence-electron chi connectivity index (χ0n) is 9.50. The Labute approximate surface area is 94.4 Å².